The molecule has 0 aliphatic rings. The van der Waals surface area contributed by atoms with Gasteiger partial charge in [0.2, 0.25) is 0 Å². The molecule has 180 valence electrons. The van der Waals surface area contributed by atoms with Crippen LogP contribution in [0.3, 0.4) is 0 Å². The molecule has 8 heteroatoms. The standard InChI is InChI=1S/C26H27F3N2O3/c1-16(30)21-7-5-8-22(26(21)29)19-10-17(11-20(12-19)31(2)14-24(27)28)15-34-23-9-4-3-6-18(23)13-25(32)33/h3-12,16,24H,13-15,30H2,1-2H3,(H,32,33). The summed E-state index contributed by atoms with van der Waals surface area (Å²) in [5.41, 5.74) is 8.64. The largest absolute Gasteiger partial charge is 0.489 e. The van der Waals surface area contributed by atoms with E-state index in [2.05, 4.69) is 0 Å². The summed E-state index contributed by atoms with van der Waals surface area (Å²) in [7, 11) is 1.53. The van der Waals surface area contributed by atoms with E-state index >= 15 is 4.39 Å². The van der Waals surface area contributed by atoms with Gasteiger partial charge in [0.25, 0.3) is 6.43 Å². The Hall–Kier alpha value is -3.52. The molecule has 0 radical (unpaired) electrons. The Morgan fingerprint density at radius 1 is 1.12 bits per heavy atom. The molecule has 3 N–H and O–H groups in total. The maximum Gasteiger partial charge on any atom is 0.307 e. The number of ether oxygens (including phenoxy) is 1. The van der Waals surface area contributed by atoms with Crippen LogP contribution in [-0.4, -0.2) is 31.1 Å². The van der Waals surface area contributed by atoms with Crippen LogP contribution in [-0.2, 0) is 17.8 Å². The number of nitrogens with zero attached hydrogens (tertiary/aromatic N) is 1. The van der Waals surface area contributed by atoms with Gasteiger partial charge < -0.3 is 20.5 Å². The molecule has 34 heavy (non-hydrogen) atoms. The van der Waals surface area contributed by atoms with Gasteiger partial charge in [0.05, 0.1) is 13.0 Å². The molecule has 0 aromatic heterocycles. The Morgan fingerprint density at radius 2 is 1.85 bits per heavy atom. The zero-order chi connectivity index (χ0) is 24.8. The number of carboxylic acids is 1. The Kier molecular flexibility index (Phi) is 8.17. The summed E-state index contributed by atoms with van der Waals surface area (Å²) >= 11 is 0. The van der Waals surface area contributed by atoms with Gasteiger partial charge in [0.1, 0.15) is 18.2 Å². The highest BCUT2D eigenvalue weighted by Gasteiger charge is 2.17. The lowest BCUT2D eigenvalue weighted by molar-refractivity contribution is -0.136. The number of benzene rings is 3. The molecule has 5 nitrogen and oxygen atoms in total. The van der Waals surface area contributed by atoms with Crippen LogP contribution in [0.4, 0.5) is 18.9 Å². The van der Waals surface area contributed by atoms with Crippen LogP contribution in [0.25, 0.3) is 11.1 Å². The summed E-state index contributed by atoms with van der Waals surface area (Å²) in [4.78, 5) is 12.5. The quantitative estimate of drug-likeness (QED) is 0.412. The average Bonchev–Trinajstić information content (AvgIpc) is 2.77. The molecule has 3 aromatic rings. The molecule has 1 unspecified atom stereocenters. The molecule has 3 aromatic carbocycles. The van der Waals surface area contributed by atoms with Crippen molar-refractivity contribution in [3.63, 3.8) is 0 Å². The normalized spacial score (nSPS) is 12.0. The lowest BCUT2D eigenvalue weighted by Crippen LogP contribution is -2.24. The molecular weight excluding hydrogens is 445 g/mol. The highest BCUT2D eigenvalue weighted by molar-refractivity contribution is 5.72. The predicted molar refractivity (Wildman–Crippen MR) is 126 cm³/mol. The number of aliphatic carboxylic acids is 1. The zero-order valence-electron chi connectivity index (χ0n) is 19.0. The van der Waals surface area contributed by atoms with E-state index in [1.807, 2.05) is 0 Å². The van der Waals surface area contributed by atoms with Crippen LogP contribution < -0.4 is 15.4 Å². The monoisotopic (exact) mass is 472 g/mol. The number of anilines is 1. The van der Waals surface area contributed by atoms with E-state index in [1.54, 1.807) is 67.6 Å². The van der Waals surface area contributed by atoms with Crippen LogP contribution >= 0.6 is 0 Å². The number of rotatable bonds is 10. The van der Waals surface area contributed by atoms with Crippen molar-refractivity contribution in [2.45, 2.75) is 32.4 Å². The van der Waals surface area contributed by atoms with Gasteiger partial charge in [0, 0.05) is 35.5 Å². The van der Waals surface area contributed by atoms with Gasteiger partial charge in [-0.15, -0.1) is 0 Å². The lowest BCUT2D eigenvalue weighted by Gasteiger charge is -2.22. The van der Waals surface area contributed by atoms with Gasteiger partial charge in [-0.2, -0.15) is 0 Å². The molecule has 0 fully saturated rings. The van der Waals surface area contributed by atoms with Gasteiger partial charge in [-0.3, -0.25) is 4.79 Å². The number of nitrogens with two attached hydrogens (primary N) is 1. The lowest BCUT2D eigenvalue weighted by atomic mass is 9.97. The van der Waals surface area contributed by atoms with Crippen molar-refractivity contribution in [2.24, 2.45) is 5.73 Å². The molecule has 0 spiro atoms. The minimum Gasteiger partial charge on any atom is -0.489 e. The third-order valence-corrected chi connectivity index (χ3v) is 5.37. The molecular formula is C26H27F3N2O3. The summed E-state index contributed by atoms with van der Waals surface area (Å²) in [6.07, 6.45) is -2.75. The molecule has 0 heterocycles. The van der Waals surface area contributed by atoms with Crippen molar-refractivity contribution in [3.8, 4) is 16.9 Å². The first-order chi connectivity index (χ1) is 16.2. The van der Waals surface area contributed by atoms with Crippen molar-refractivity contribution in [1.29, 1.82) is 0 Å². The minimum absolute atomic E-state index is 0.0363. The second-order valence-corrected chi connectivity index (χ2v) is 8.12. The molecule has 3 rings (SSSR count). The van der Waals surface area contributed by atoms with Crippen molar-refractivity contribution in [3.05, 3.63) is 83.2 Å². The van der Waals surface area contributed by atoms with Crippen molar-refractivity contribution in [1.82, 2.24) is 0 Å². The Morgan fingerprint density at radius 3 is 2.53 bits per heavy atom. The fourth-order valence-electron chi connectivity index (χ4n) is 3.68. The van der Waals surface area contributed by atoms with Crippen LogP contribution in [0.15, 0.2) is 60.7 Å². The van der Waals surface area contributed by atoms with Crippen LogP contribution in [0.2, 0.25) is 0 Å². The number of hydrogen-bond acceptors (Lipinski definition) is 4. The summed E-state index contributed by atoms with van der Waals surface area (Å²) in [5, 5.41) is 9.13. The Balaban J connectivity index is 2.00. The summed E-state index contributed by atoms with van der Waals surface area (Å²) < 4.78 is 47.1. The predicted octanol–water partition coefficient (Wildman–Crippen LogP) is 5.42. The third kappa shape index (κ3) is 6.29. The summed E-state index contributed by atoms with van der Waals surface area (Å²) in [6, 6.07) is 16.2. The molecule has 0 bridgehead atoms. The van der Waals surface area contributed by atoms with Gasteiger partial charge in [0.15, 0.2) is 0 Å². The maximum atomic E-state index is 15.2. The van der Waals surface area contributed by atoms with Crippen LogP contribution in [0.1, 0.15) is 29.7 Å². The Bertz CT molecular complexity index is 1150. The van der Waals surface area contributed by atoms with Crippen molar-refractivity contribution in [2.75, 3.05) is 18.5 Å². The molecule has 0 amide bonds. The Labute approximate surface area is 196 Å². The van der Waals surface area contributed by atoms with Crippen LogP contribution in [0, 0.1) is 5.82 Å². The van der Waals surface area contributed by atoms with Gasteiger partial charge in [-0.1, -0.05) is 36.4 Å². The SMILES string of the molecule is CC(N)c1cccc(-c2cc(COc3ccccc3CC(=O)O)cc(N(C)CC(F)F)c2)c1F. The van der Waals surface area contributed by atoms with Crippen molar-refractivity contribution < 1.29 is 27.8 Å². The third-order valence-electron chi connectivity index (χ3n) is 5.37. The highest BCUT2D eigenvalue weighted by Crippen LogP contribution is 2.32. The number of hydrogen-bond donors (Lipinski definition) is 2. The first-order valence-corrected chi connectivity index (χ1v) is 10.8. The first-order valence-electron chi connectivity index (χ1n) is 10.8. The van der Waals surface area contributed by atoms with E-state index in [0.717, 1.165) is 0 Å². The molecule has 0 aliphatic heterocycles. The summed E-state index contributed by atoms with van der Waals surface area (Å²) in [5.74, 6) is -1.05. The molecule has 0 aliphatic carbocycles. The smallest absolute Gasteiger partial charge is 0.307 e. The van der Waals surface area contributed by atoms with Gasteiger partial charge >= 0.3 is 5.97 Å². The van der Waals surface area contributed by atoms with Crippen LogP contribution in [0.5, 0.6) is 5.75 Å². The molecule has 0 saturated heterocycles. The number of carbonyl (C=O) groups is 1. The van der Waals surface area contributed by atoms with Gasteiger partial charge in [-0.25, -0.2) is 13.2 Å². The van der Waals surface area contributed by atoms with E-state index in [9.17, 15) is 13.6 Å². The van der Waals surface area contributed by atoms with E-state index in [-0.39, 0.29) is 13.0 Å². The van der Waals surface area contributed by atoms with E-state index in [0.29, 0.717) is 39.3 Å². The number of carboxylic acid groups (broad SMARTS) is 1. The number of halogens is 3. The van der Waals surface area contributed by atoms with E-state index in [1.165, 1.54) is 11.9 Å². The van der Waals surface area contributed by atoms with E-state index < -0.39 is 30.8 Å². The number of alkyl halides is 2. The first kappa shape index (κ1) is 25.1. The fraction of sp³-hybridized carbons (Fsp3) is 0.269. The minimum atomic E-state index is -2.55. The second-order valence-electron chi connectivity index (χ2n) is 8.12. The average molecular weight is 473 g/mol. The second kappa shape index (κ2) is 11.1. The van der Waals surface area contributed by atoms with Gasteiger partial charge in [-0.05, 0) is 42.3 Å². The topological polar surface area (TPSA) is 75.8 Å². The molecule has 1 atom stereocenters. The van der Waals surface area contributed by atoms with E-state index in [4.69, 9.17) is 15.6 Å². The highest BCUT2D eigenvalue weighted by atomic mass is 19.3. The fourth-order valence-corrected chi connectivity index (χ4v) is 3.68. The van der Waals surface area contributed by atoms with Crippen molar-refractivity contribution >= 4 is 11.7 Å². The zero-order valence-corrected chi connectivity index (χ0v) is 19.0. The number of para-hydroxylation sites is 1. The summed E-state index contributed by atoms with van der Waals surface area (Å²) in [6.45, 7) is 1.23. The maximum absolute atomic E-state index is 15.2. The molecule has 0 saturated carbocycles.